The molecule has 0 spiro atoms. The van der Waals surface area contributed by atoms with Crippen molar-refractivity contribution in [3.63, 3.8) is 0 Å². The van der Waals surface area contributed by atoms with Crippen molar-refractivity contribution in [3.05, 3.63) is 66.0 Å². The largest absolute Gasteiger partial charge is 0.354 e. The Balaban J connectivity index is 2.26. The van der Waals surface area contributed by atoms with Crippen LogP contribution >= 0.6 is 0 Å². The van der Waals surface area contributed by atoms with Crippen molar-refractivity contribution in [2.75, 3.05) is 0 Å². The lowest BCUT2D eigenvalue weighted by atomic mass is 10.0. The van der Waals surface area contributed by atoms with Gasteiger partial charge in [0.25, 0.3) is 0 Å². The van der Waals surface area contributed by atoms with E-state index in [0.717, 1.165) is 27.7 Å². The second-order valence-corrected chi connectivity index (χ2v) is 4.43. The third-order valence-electron chi connectivity index (χ3n) is 3.20. The second-order valence-electron chi connectivity index (χ2n) is 4.43. The van der Waals surface area contributed by atoms with Crippen LogP contribution < -0.4 is 0 Å². The highest BCUT2D eigenvalue weighted by Crippen LogP contribution is 2.31. The first-order valence-electron chi connectivity index (χ1n) is 6.22. The molecule has 2 nitrogen and oxygen atoms in total. The summed E-state index contributed by atoms with van der Waals surface area (Å²) in [6.07, 6.45) is 3.22. The molecule has 0 saturated heterocycles. The Labute approximate surface area is 115 Å². The number of hydrogen-bond donors (Lipinski definition) is 1. The SMILES string of the molecule is N#C/C=C/c1c(-c2ccc(F)cc2)[nH]c2ccccc12. The highest BCUT2D eigenvalue weighted by Gasteiger charge is 2.10. The summed E-state index contributed by atoms with van der Waals surface area (Å²) in [5.41, 5.74) is 3.70. The minimum Gasteiger partial charge on any atom is -0.354 e. The molecule has 0 amide bonds. The maximum absolute atomic E-state index is 13.0. The lowest BCUT2D eigenvalue weighted by molar-refractivity contribution is 0.628. The predicted octanol–water partition coefficient (Wildman–Crippen LogP) is 4.51. The Morgan fingerprint density at radius 2 is 1.80 bits per heavy atom. The number of H-pyrrole nitrogens is 1. The van der Waals surface area contributed by atoms with Gasteiger partial charge in [-0.1, -0.05) is 18.2 Å². The summed E-state index contributed by atoms with van der Waals surface area (Å²) in [5.74, 6) is -0.265. The van der Waals surface area contributed by atoms with Crippen LogP contribution in [-0.4, -0.2) is 4.98 Å². The number of nitriles is 1. The number of nitrogens with zero attached hydrogens (tertiary/aromatic N) is 1. The number of benzene rings is 2. The number of rotatable bonds is 2. The van der Waals surface area contributed by atoms with Gasteiger partial charge in [-0.15, -0.1) is 0 Å². The maximum atomic E-state index is 13.0. The molecule has 3 rings (SSSR count). The molecule has 1 aromatic heterocycles. The second kappa shape index (κ2) is 5.02. The topological polar surface area (TPSA) is 39.6 Å². The lowest BCUT2D eigenvalue weighted by Crippen LogP contribution is -1.81. The smallest absolute Gasteiger partial charge is 0.123 e. The monoisotopic (exact) mass is 262 g/mol. The fourth-order valence-electron chi connectivity index (χ4n) is 2.30. The maximum Gasteiger partial charge on any atom is 0.123 e. The van der Waals surface area contributed by atoms with E-state index in [4.69, 9.17) is 5.26 Å². The van der Waals surface area contributed by atoms with E-state index in [1.807, 2.05) is 30.3 Å². The van der Waals surface area contributed by atoms with Crippen molar-refractivity contribution in [1.29, 1.82) is 5.26 Å². The summed E-state index contributed by atoms with van der Waals surface area (Å²) < 4.78 is 13.0. The highest BCUT2D eigenvalue weighted by molar-refractivity contribution is 5.96. The molecular weight excluding hydrogens is 251 g/mol. The number of nitrogens with one attached hydrogen (secondary N) is 1. The van der Waals surface area contributed by atoms with Gasteiger partial charge >= 0.3 is 0 Å². The van der Waals surface area contributed by atoms with Crippen LogP contribution in [-0.2, 0) is 0 Å². The van der Waals surface area contributed by atoms with Crippen LogP contribution in [0.15, 0.2) is 54.6 Å². The van der Waals surface area contributed by atoms with Crippen molar-refractivity contribution >= 4 is 17.0 Å². The van der Waals surface area contributed by atoms with Crippen LogP contribution in [0.3, 0.4) is 0 Å². The highest BCUT2D eigenvalue weighted by atomic mass is 19.1. The molecule has 0 unspecified atom stereocenters. The number of fused-ring (bicyclic) bond motifs is 1. The lowest BCUT2D eigenvalue weighted by Gasteiger charge is -2.00. The number of hydrogen-bond acceptors (Lipinski definition) is 1. The molecule has 0 atom stereocenters. The van der Waals surface area contributed by atoms with Crippen molar-refractivity contribution < 1.29 is 4.39 Å². The van der Waals surface area contributed by atoms with Gasteiger partial charge in [0.15, 0.2) is 0 Å². The summed E-state index contributed by atoms with van der Waals surface area (Å²) >= 11 is 0. The first-order valence-corrected chi connectivity index (χ1v) is 6.22. The minimum atomic E-state index is -0.265. The van der Waals surface area contributed by atoms with Gasteiger partial charge in [-0.2, -0.15) is 5.26 Å². The molecule has 0 aliphatic heterocycles. The predicted molar refractivity (Wildman–Crippen MR) is 78.3 cm³/mol. The van der Waals surface area contributed by atoms with E-state index >= 15 is 0 Å². The molecule has 1 N–H and O–H groups in total. The van der Waals surface area contributed by atoms with Crippen LogP contribution in [0.2, 0.25) is 0 Å². The zero-order chi connectivity index (χ0) is 13.9. The number of halogens is 1. The van der Waals surface area contributed by atoms with E-state index in [9.17, 15) is 4.39 Å². The first-order chi connectivity index (χ1) is 9.79. The molecule has 20 heavy (non-hydrogen) atoms. The van der Waals surface area contributed by atoms with Gasteiger partial charge in [0.05, 0.1) is 11.8 Å². The summed E-state index contributed by atoms with van der Waals surface area (Å²) in [4.78, 5) is 3.33. The number of allylic oxidation sites excluding steroid dienone is 1. The van der Waals surface area contributed by atoms with Gasteiger partial charge in [-0.25, -0.2) is 4.39 Å². The van der Waals surface area contributed by atoms with E-state index in [-0.39, 0.29) is 5.82 Å². The molecule has 1 heterocycles. The Kier molecular flexibility index (Phi) is 3.06. The summed E-state index contributed by atoms with van der Waals surface area (Å²) in [5, 5.41) is 9.78. The third kappa shape index (κ3) is 2.08. The quantitative estimate of drug-likeness (QED) is 0.678. The molecule has 0 aliphatic rings. The average Bonchev–Trinajstić information content (AvgIpc) is 2.84. The van der Waals surface area contributed by atoms with Gasteiger partial charge in [0.2, 0.25) is 0 Å². The third-order valence-corrected chi connectivity index (χ3v) is 3.20. The molecule has 3 heteroatoms. The standard InChI is InChI=1S/C17H11FN2/c18-13-9-7-12(8-10-13)17-15(5-3-11-19)14-4-1-2-6-16(14)20-17/h1-10,20H/b5-3+. The average molecular weight is 262 g/mol. The van der Waals surface area contributed by atoms with Crippen LogP contribution in [0.4, 0.5) is 4.39 Å². The van der Waals surface area contributed by atoms with Gasteiger partial charge in [-0.05, 0) is 42.0 Å². The van der Waals surface area contributed by atoms with Crippen molar-refractivity contribution in [2.45, 2.75) is 0 Å². The first kappa shape index (κ1) is 12.2. The van der Waals surface area contributed by atoms with Crippen molar-refractivity contribution in [2.24, 2.45) is 0 Å². The summed E-state index contributed by atoms with van der Waals surface area (Å²) in [6.45, 7) is 0. The summed E-state index contributed by atoms with van der Waals surface area (Å²) in [7, 11) is 0. The molecular formula is C17H11FN2. The number of para-hydroxylation sites is 1. The van der Waals surface area contributed by atoms with Gasteiger partial charge in [-0.3, -0.25) is 0 Å². The van der Waals surface area contributed by atoms with Crippen LogP contribution in [0.5, 0.6) is 0 Å². The summed E-state index contributed by atoms with van der Waals surface area (Å²) in [6, 6.07) is 16.2. The van der Waals surface area contributed by atoms with E-state index in [2.05, 4.69) is 4.98 Å². The van der Waals surface area contributed by atoms with Crippen LogP contribution in [0, 0.1) is 17.1 Å². The number of aromatic amines is 1. The van der Waals surface area contributed by atoms with Crippen LogP contribution in [0.25, 0.3) is 28.2 Å². The van der Waals surface area contributed by atoms with E-state index in [1.54, 1.807) is 18.2 Å². The van der Waals surface area contributed by atoms with Crippen LogP contribution in [0.1, 0.15) is 5.56 Å². The normalized spacial score (nSPS) is 11.0. The molecule has 0 fully saturated rings. The molecule has 3 aromatic rings. The van der Waals surface area contributed by atoms with Gasteiger partial charge < -0.3 is 4.98 Å². The zero-order valence-electron chi connectivity index (χ0n) is 10.6. The van der Waals surface area contributed by atoms with Crippen molar-refractivity contribution in [1.82, 2.24) is 4.98 Å². The molecule has 0 bridgehead atoms. The molecule has 96 valence electrons. The van der Waals surface area contributed by atoms with Gasteiger partial charge in [0, 0.05) is 22.5 Å². The fraction of sp³-hybridized carbons (Fsp3) is 0. The zero-order valence-corrected chi connectivity index (χ0v) is 10.6. The van der Waals surface area contributed by atoms with E-state index in [0.29, 0.717) is 0 Å². The molecule has 0 radical (unpaired) electrons. The Morgan fingerprint density at radius 1 is 1.05 bits per heavy atom. The van der Waals surface area contributed by atoms with E-state index < -0.39 is 0 Å². The van der Waals surface area contributed by atoms with E-state index in [1.165, 1.54) is 18.2 Å². The minimum absolute atomic E-state index is 0.265. The molecule has 0 saturated carbocycles. The Morgan fingerprint density at radius 3 is 2.55 bits per heavy atom. The van der Waals surface area contributed by atoms with Gasteiger partial charge in [0.1, 0.15) is 5.82 Å². The van der Waals surface area contributed by atoms with Crippen molar-refractivity contribution in [3.8, 4) is 17.3 Å². The number of aromatic nitrogens is 1. The fourth-order valence-corrected chi connectivity index (χ4v) is 2.30. The Bertz CT molecular complexity index is 820. The molecule has 0 aliphatic carbocycles. The Hall–Kier alpha value is -2.86. The molecule has 2 aromatic carbocycles.